The molecular weight excluding hydrogens is 370 g/mol. The highest BCUT2D eigenvalue weighted by Gasteiger charge is 2.18. The van der Waals surface area contributed by atoms with Crippen molar-refractivity contribution in [2.75, 3.05) is 4.72 Å². The van der Waals surface area contributed by atoms with E-state index in [9.17, 15) is 13.2 Å². The molecule has 1 heterocycles. The summed E-state index contributed by atoms with van der Waals surface area (Å²) in [6.45, 7) is 0. The van der Waals surface area contributed by atoms with Gasteiger partial charge in [0.25, 0.3) is 10.0 Å². The molecule has 0 spiro atoms. The van der Waals surface area contributed by atoms with Crippen molar-refractivity contribution in [2.45, 2.75) is 42.9 Å². The maximum absolute atomic E-state index is 12.6. The zero-order chi connectivity index (χ0) is 18.1. The first kappa shape index (κ1) is 17.3. The van der Waals surface area contributed by atoms with Crippen LogP contribution in [0, 0.1) is 0 Å². The zero-order valence-electron chi connectivity index (χ0n) is 14.1. The number of sulfonamides is 1. The third-order valence-electron chi connectivity index (χ3n) is 4.85. The molecule has 0 amide bonds. The van der Waals surface area contributed by atoms with E-state index in [4.69, 9.17) is 4.42 Å². The minimum absolute atomic E-state index is 0.234. The van der Waals surface area contributed by atoms with Gasteiger partial charge in [-0.15, -0.1) is 0 Å². The van der Waals surface area contributed by atoms with Crippen LogP contribution in [0.2, 0.25) is 0 Å². The largest absolute Gasteiger partial charge is 0.414 e. The lowest BCUT2D eigenvalue weighted by Gasteiger charge is -2.22. The summed E-state index contributed by atoms with van der Waals surface area (Å²) in [5.41, 5.74) is 2.08. The highest BCUT2D eigenvalue weighted by atomic mass is 32.2. The average Bonchev–Trinajstić information content (AvgIpc) is 3.01. The van der Waals surface area contributed by atoms with Gasteiger partial charge in [-0.1, -0.05) is 42.7 Å². The molecule has 4 rings (SSSR count). The minimum atomic E-state index is -3.68. The molecule has 136 valence electrons. The van der Waals surface area contributed by atoms with Crippen LogP contribution in [0.5, 0.6) is 0 Å². The summed E-state index contributed by atoms with van der Waals surface area (Å²) < 4.78 is 33.5. The number of benzene rings is 2. The molecule has 7 heteroatoms. The normalized spacial score (nSPS) is 16.0. The van der Waals surface area contributed by atoms with Crippen molar-refractivity contribution in [3.63, 3.8) is 0 Å². The van der Waals surface area contributed by atoms with Crippen molar-refractivity contribution >= 4 is 37.3 Å². The van der Waals surface area contributed by atoms with Gasteiger partial charge in [-0.25, -0.2) is 13.2 Å². The Kier molecular flexibility index (Phi) is 4.58. The fourth-order valence-electron chi connectivity index (χ4n) is 3.51. The summed E-state index contributed by atoms with van der Waals surface area (Å²) in [5.74, 6) is 0.541. The van der Waals surface area contributed by atoms with Crippen LogP contribution in [-0.4, -0.2) is 8.42 Å². The van der Waals surface area contributed by atoms with Gasteiger partial charge in [-0.3, -0.25) is 4.72 Å². The van der Waals surface area contributed by atoms with Gasteiger partial charge in [-0.05, 0) is 54.7 Å². The number of fused-ring (bicyclic) bond motifs is 1. The monoisotopic (exact) mass is 389 g/mol. The number of anilines is 1. The number of nitrogens with one attached hydrogen (secondary N) is 1. The van der Waals surface area contributed by atoms with Crippen LogP contribution in [0.25, 0.3) is 10.3 Å². The van der Waals surface area contributed by atoms with Crippen LogP contribution in [0.1, 0.15) is 43.6 Å². The lowest BCUT2D eigenvalue weighted by atomic mass is 9.84. The molecule has 0 saturated heterocycles. The van der Waals surface area contributed by atoms with Gasteiger partial charge >= 0.3 is 4.94 Å². The van der Waals surface area contributed by atoms with Crippen LogP contribution < -0.4 is 9.66 Å². The summed E-state index contributed by atoms with van der Waals surface area (Å²) in [6, 6.07) is 12.0. The minimum Gasteiger partial charge on any atom is -0.414 e. The van der Waals surface area contributed by atoms with Crippen LogP contribution in [0.4, 0.5) is 5.69 Å². The van der Waals surface area contributed by atoms with E-state index in [1.165, 1.54) is 37.7 Å². The topological polar surface area (TPSA) is 76.4 Å². The summed E-state index contributed by atoms with van der Waals surface area (Å²) >= 11 is 0.949. The van der Waals surface area contributed by atoms with Crippen molar-refractivity contribution in [1.82, 2.24) is 0 Å². The van der Waals surface area contributed by atoms with Crippen molar-refractivity contribution in [3.8, 4) is 0 Å². The predicted octanol–water partition coefficient (Wildman–Crippen LogP) is 4.70. The van der Waals surface area contributed by atoms with Crippen LogP contribution in [0.15, 0.2) is 56.6 Å². The molecule has 1 saturated carbocycles. The molecule has 1 fully saturated rings. The Morgan fingerprint density at radius 3 is 2.46 bits per heavy atom. The molecule has 0 bridgehead atoms. The molecule has 0 atom stereocenters. The molecule has 2 aromatic carbocycles. The molecule has 5 nitrogen and oxygen atoms in total. The number of hydrogen-bond acceptors (Lipinski definition) is 5. The lowest BCUT2D eigenvalue weighted by molar-refractivity contribution is 0.443. The SMILES string of the molecule is O=c1oc2ccc(NS(=O)(=O)c3ccc(C4CCCCC4)cc3)cc2s1. The number of hydrogen-bond donors (Lipinski definition) is 1. The molecular formula is C19H19NO4S2. The van der Waals surface area contributed by atoms with Gasteiger partial charge in [0.1, 0.15) is 5.58 Å². The Balaban J connectivity index is 1.55. The maximum Gasteiger partial charge on any atom is 0.396 e. The van der Waals surface area contributed by atoms with E-state index in [0.717, 1.165) is 11.3 Å². The molecule has 1 N–H and O–H groups in total. The zero-order valence-corrected chi connectivity index (χ0v) is 15.7. The maximum atomic E-state index is 12.6. The van der Waals surface area contributed by atoms with E-state index in [-0.39, 0.29) is 4.90 Å². The van der Waals surface area contributed by atoms with Gasteiger partial charge in [0, 0.05) is 0 Å². The smallest absolute Gasteiger partial charge is 0.396 e. The van der Waals surface area contributed by atoms with Gasteiger partial charge in [0.15, 0.2) is 0 Å². The average molecular weight is 389 g/mol. The van der Waals surface area contributed by atoms with Crippen molar-refractivity contribution in [3.05, 3.63) is 57.8 Å². The summed E-state index contributed by atoms with van der Waals surface area (Å²) in [7, 11) is -3.68. The van der Waals surface area contributed by atoms with E-state index in [2.05, 4.69) is 4.72 Å². The molecule has 0 radical (unpaired) electrons. The standard InChI is InChI=1S/C19H19NO4S2/c21-19-24-17-11-8-15(12-18(17)25-19)20-26(22,23)16-9-6-14(7-10-16)13-4-2-1-3-5-13/h6-13,20H,1-5H2. The highest BCUT2D eigenvalue weighted by molar-refractivity contribution is 7.92. The second-order valence-electron chi connectivity index (χ2n) is 6.63. The highest BCUT2D eigenvalue weighted by Crippen LogP contribution is 2.33. The summed E-state index contributed by atoms with van der Waals surface area (Å²) in [4.78, 5) is 11.1. The van der Waals surface area contributed by atoms with E-state index < -0.39 is 15.0 Å². The van der Waals surface area contributed by atoms with Crippen molar-refractivity contribution in [1.29, 1.82) is 0 Å². The van der Waals surface area contributed by atoms with Crippen LogP contribution >= 0.6 is 11.3 Å². The fourth-order valence-corrected chi connectivity index (χ4v) is 5.26. The third-order valence-corrected chi connectivity index (χ3v) is 7.04. The Labute approximate surface area is 155 Å². The van der Waals surface area contributed by atoms with E-state index in [1.54, 1.807) is 30.3 Å². The van der Waals surface area contributed by atoms with Crippen LogP contribution in [-0.2, 0) is 10.0 Å². The van der Waals surface area contributed by atoms with Gasteiger partial charge in [0.2, 0.25) is 0 Å². The Bertz CT molecular complexity index is 1070. The Morgan fingerprint density at radius 1 is 1.00 bits per heavy atom. The first-order valence-electron chi connectivity index (χ1n) is 8.68. The van der Waals surface area contributed by atoms with Gasteiger partial charge in [0.05, 0.1) is 15.3 Å². The van der Waals surface area contributed by atoms with Crippen molar-refractivity contribution < 1.29 is 12.8 Å². The summed E-state index contributed by atoms with van der Waals surface area (Å²) in [6.07, 6.45) is 6.14. The Hall–Kier alpha value is -2.12. The first-order chi connectivity index (χ1) is 12.5. The summed E-state index contributed by atoms with van der Waals surface area (Å²) in [5, 5.41) is 0. The molecule has 26 heavy (non-hydrogen) atoms. The molecule has 1 aliphatic rings. The molecule has 0 unspecified atom stereocenters. The van der Waals surface area contributed by atoms with Gasteiger partial charge in [-0.2, -0.15) is 0 Å². The van der Waals surface area contributed by atoms with Gasteiger partial charge < -0.3 is 4.42 Å². The second-order valence-corrected chi connectivity index (χ2v) is 9.28. The number of rotatable bonds is 4. The third kappa shape index (κ3) is 3.54. The molecule has 3 aromatic rings. The molecule has 1 aliphatic carbocycles. The Morgan fingerprint density at radius 2 is 1.73 bits per heavy atom. The quantitative estimate of drug-likeness (QED) is 0.701. The molecule has 1 aromatic heterocycles. The van der Waals surface area contributed by atoms with E-state index >= 15 is 0 Å². The fraction of sp³-hybridized carbons (Fsp3) is 0.316. The first-order valence-corrected chi connectivity index (χ1v) is 11.0. The van der Waals surface area contributed by atoms with E-state index in [1.807, 2.05) is 12.1 Å². The van der Waals surface area contributed by atoms with E-state index in [0.29, 0.717) is 21.9 Å². The van der Waals surface area contributed by atoms with Crippen LogP contribution in [0.3, 0.4) is 0 Å². The lowest BCUT2D eigenvalue weighted by Crippen LogP contribution is -2.13. The second kappa shape index (κ2) is 6.89. The van der Waals surface area contributed by atoms with Crippen molar-refractivity contribution in [2.24, 2.45) is 0 Å². The predicted molar refractivity (Wildman–Crippen MR) is 103 cm³/mol. The molecule has 0 aliphatic heterocycles.